The van der Waals surface area contributed by atoms with Crippen molar-refractivity contribution < 1.29 is 18.4 Å². The Kier molecular flexibility index (Phi) is 4.34. The second-order valence-electron chi connectivity index (χ2n) is 7.53. The van der Waals surface area contributed by atoms with Gasteiger partial charge in [0.1, 0.15) is 11.4 Å². The third kappa shape index (κ3) is 3.34. The molecule has 2 aromatic heterocycles. The summed E-state index contributed by atoms with van der Waals surface area (Å²) in [6.45, 7) is 3.48. The van der Waals surface area contributed by atoms with Crippen molar-refractivity contribution in [3.8, 4) is 11.6 Å². The number of aromatic nitrogens is 4. The summed E-state index contributed by atoms with van der Waals surface area (Å²) < 4.78 is 24.4. The fourth-order valence-corrected chi connectivity index (χ4v) is 3.88. The van der Waals surface area contributed by atoms with Crippen molar-refractivity contribution in [2.45, 2.75) is 25.4 Å². The van der Waals surface area contributed by atoms with Gasteiger partial charge in [0.05, 0.1) is 12.2 Å². The highest BCUT2D eigenvalue weighted by molar-refractivity contribution is 5.90. The second-order valence-corrected chi connectivity index (χ2v) is 7.53. The molecule has 10 heteroatoms. The van der Waals surface area contributed by atoms with E-state index in [1.807, 2.05) is 6.07 Å². The number of halogens is 1. The topological polar surface area (TPSA) is 97.5 Å². The molecule has 0 radical (unpaired) electrons. The first kappa shape index (κ1) is 18.5. The summed E-state index contributed by atoms with van der Waals surface area (Å²) in [4.78, 5) is 20.2. The molecule has 2 aliphatic rings. The Morgan fingerprint density at radius 3 is 2.63 bits per heavy atom. The van der Waals surface area contributed by atoms with Crippen LogP contribution in [0.5, 0.6) is 0 Å². The summed E-state index contributed by atoms with van der Waals surface area (Å²) in [5.41, 5.74) is 0.453. The van der Waals surface area contributed by atoms with Gasteiger partial charge < -0.3 is 14.2 Å². The van der Waals surface area contributed by atoms with E-state index in [1.165, 1.54) is 17.0 Å². The number of anilines is 2. The third-order valence-corrected chi connectivity index (χ3v) is 5.49. The number of benzene rings is 1. The Morgan fingerprint density at radius 1 is 1.13 bits per heavy atom. The predicted octanol–water partition coefficient (Wildman–Crippen LogP) is 2.97. The lowest BCUT2D eigenvalue weighted by Gasteiger charge is -2.37. The fourth-order valence-electron chi connectivity index (χ4n) is 3.88. The zero-order chi connectivity index (χ0) is 20.7. The average molecular weight is 410 g/mol. The third-order valence-electron chi connectivity index (χ3n) is 5.49. The van der Waals surface area contributed by atoms with E-state index in [-0.39, 0.29) is 5.82 Å². The maximum atomic E-state index is 13.5. The lowest BCUT2D eigenvalue weighted by Crippen LogP contribution is -2.47. The Labute approximate surface area is 171 Å². The van der Waals surface area contributed by atoms with E-state index in [1.54, 1.807) is 25.1 Å². The number of rotatable bonds is 3. The summed E-state index contributed by atoms with van der Waals surface area (Å²) >= 11 is 0. The van der Waals surface area contributed by atoms with Crippen LogP contribution in [0.25, 0.3) is 11.6 Å². The molecular formula is C20H19FN6O3. The van der Waals surface area contributed by atoms with Crippen molar-refractivity contribution >= 4 is 17.6 Å². The van der Waals surface area contributed by atoms with Crippen molar-refractivity contribution in [1.82, 2.24) is 20.3 Å². The Balaban J connectivity index is 1.26. The van der Waals surface area contributed by atoms with Crippen molar-refractivity contribution in [2.24, 2.45) is 0 Å². The van der Waals surface area contributed by atoms with Gasteiger partial charge in [-0.1, -0.05) is 11.2 Å². The Hall–Kier alpha value is -3.56. The molecule has 30 heavy (non-hydrogen) atoms. The van der Waals surface area contributed by atoms with Crippen molar-refractivity contribution in [3.63, 3.8) is 0 Å². The van der Waals surface area contributed by atoms with E-state index in [0.29, 0.717) is 55.6 Å². The molecule has 0 aliphatic carbocycles. The highest BCUT2D eigenvalue weighted by atomic mass is 19.1. The molecule has 9 nitrogen and oxygen atoms in total. The van der Waals surface area contributed by atoms with Gasteiger partial charge in [0.2, 0.25) is 0 Å². The van der Waals surface area contributed by atoms with Crippen LogP contribution in [0.15, 0.2) is 40.9 Å². The van der Waals surface area contributed by atoms with Crippen LogP contribution in [0, 0.1) is 12.7 Å². The molecule has 3 aromatic rings. The molecule has 1 spiro atoms. The predicted molar refractivity (Wildman–Crippen MR) is 104 cm³/mol. The van der Waals surface area contributed by atoms with E-state index < -0.39 is 11.7 Å². The number of amides is 1. The van der Waals surface area contributed by atoms with Crippen LogP contribution >= 0.6 is 0 Å². The molecule has 2 aliphatic heterocycles. The van der Waals surface area contributed by atoms with Gasteiger partial charge in [-0.3, -0.25) is 4.90 Å². The maximum absolute atomic E-state index is 13.5. The van der Waals surface area contributed by atoms with Gasteiger partial charge in [0.25, 0.3) is 5.89 Å². The molecule has 1 amide bonds. The minimum atomic E-state index is -0.575. The minimum absolute atomic E-state index is 0.333. The van der Waals surface area contributed by atoms with Crippen molar-refractivity contribution in [3.05, 3.63) is 48.0 Å². The summed E-state index contributed by atoms with van der Waals surface area (Å²) in [5, 5.41) is 12.2. The number of carbonyl (C=O) groups is 1. The van der Waals surface area contributed by atoms with Gasteiger partial charge in [0, 0.05) is 25.9 Å². The van der Waals surface area contributed by atoms with E-state index >= 15 is 0 Å². The molecule has 0 saturated carbocycles. The van der Waals surface area contributed by atoms with E-state index in [4.69, 9.17) is 9.26 Å². The van der Waals surface area contributed by atoms with Crippen LogP contribution in [-0.4, -0.2) is 51.7 Å². The van der Waals surface area contributed by atoms with E-state index in [2.05, 4.69) is 25.2 Å². The lowest BCUT2D eigenvalue weighted by molar-refractivity contribution is 0.0365. The Bertz CT molecular complexity index is 1080. The molecule has 1 aromatic carbocycles. The molecule has 5 rings (SSSR count). The zero-order valence-electron chi connectivity index (χ0n) is 16.3. The smallest absolute Gasteiger partial charge is 0.415 e. The van der Waals surface area contributed by atoms with Gasteiger partial charge in [-0.2, -0.15) is 4.98 Å². The molecule has 2 saturated heterocycles. The first-order valence-corrected chi connectivity index (χ1v) is 9.67. The summed E-state index contributed by atoms with van der Waals surface area (Å²) in [6, 6.07) is 9.65. The SMILES string of the molecule is Cc1noc(-c2ccc(N3CCC4(CC3)CN(c3cccc(F)c3)C(=O)O4)nn2)n1. The molecule has 4 heterocycles. The second kappa shape index (κ2) is 7.05. The van der Waals surface area contributed by atoms with Gasteiger partial charge in [0.15, 0.2) is 17.3 Å². The zero-order valence-corrected chi connectivity index (χ0v) is 16.3. The first-order chi connectivity index (χ1) is 14.5. The molecule has 0 bridgehead atoms. The van der Waals surface area contributed by atoms with Gasteiger partial charge in [-0.15, -0.1) is 10.2 Å². The molecule has 2 fully saturated rings. The minimum Gasteiger partial charge on any atom is -0.440 e. The lowest BCUT2D eigenvalue weighted by atomic mass is 9.91. The van der Waals surface area contributed by atoms with Gasteiger partial charge in [-0.25, -0.2) is 9.18 Å². The number of hydrogen-bond acceptors (Lipinski definition) is 8. The van der Waals surface area contributed by atoms with Gasteiger partial charge in [-0.05, 0) is 37.3 Å². The number of piperidine rings is 1. The number of ether oxygens (including phenoxy) is 1. The van der Waals surface area contributed by atoms with Crippen LogP contribution in [0.4, 0.5) is 20.7 Å². The highest BCUT2D eigenvalue weighted by Gasteiger charge is 2.47. The summed E-state index contributed by atoms with van der Waals surface area (Å²) in [5.74, 6) is 1.22. The van der Waals surface area contributed by atoms with Crippen LogP contribution in [0.3, 0.4) is 0 Å². The van der Waals surface area contributed by atoms with Crippen LogP contribution < -0.4 is 9.80 Å². The van der Waals surface area contributed by atoms with Crippen LogP contribution in [0.2, 0.25) is 0 Å². The fraction of sp³-hybridized carbons (Fsp3) is 0.350. The number of hydrogen-bond donors (Lipinski definition) is 0. The maximum Gasteiger partial charge on any atom is 0.415 e. The summed E-state index contributed by atoms with van der Waals surface area (Å²) in [7, 11) is 0. The number of nitrogens with zero attached hydrogens (tertiary/aromatic N) is 6. The Morgan fingerprint density at radius 2 is 1.97 bits per heavy atom. The molecular weight excluding hydrogens is 391 g/mol. The quantitative estimate of drug-likeness (QED) is 0.650. The standard InChI is InChI=1S/C20H19FN6O3/c1-13-22-18(30-25-13)16-5-6-17(24-23-16)26-9-7-20(8-10-26)12-27(19(28)29-20)15-4-2-3-14(21)11-15/h2-6,11H,7-10,12H2,1H3. The molecule has 0 atom stereocenters. The number of carbonyl (C=O) groups excluding carboxylic acids is 1. The molecule has 0 N–H and O–H groups in total. The van der Waals surface area contributed by atoms with E-state index in [9.17, 15) is 9.18 Å². The normalized spacial score (nSPS) is 18.1. The average Bonchev–Trinajstić information content (AvgIpc) is 3.32. The summed E-state index contributed by atoms with van der Waals surface area (Å²) in [6.07, 6.45) is 0.862. The van der Waals surface area contributed by atoms with Crippen LogP contribution in [-0.2, 0) is 4.74 Å². The van der Waals surface area contributed by atoms with Crippen molar-refractivity contribution in [2.75, 3.05) is 29.4 Å². The highest BCUT2D eigenvalue weighted by Crippen LogP contribution is 2.36. The molecule has 0 unspecified atom stereocenters. The molecule has 154 valence electrons. The monoisotopic (exact) mass is 410 g/mol. The van der Waals surface area contributed by atoms with Crippen LogP contribution in [0.1, 0.15) is 18.7 Å². The number of aryl methyl sites for hydroxylation is 1. The van der Waals surface area contributed by atoms with Gasteiger partial charge >= 0.3 is 6.09 Å². The largest absolute Gasteiger partial charge is 0.440 e. The van der Waals surface area contributed by atoms with Crippen molar-refractivity contribution in [1.29, 1.82) is 0 Å². The first-order valence-electron chi connectivity index (χ1n) is 9.67. The van der Waals surface area contributed by atoms with E-state index in [0.717, 1.165) is 5.82 Å².